The lowest BCUT2D eigenvalue weighted by atomic mass is 10.1. The van der Waals surface area contributed by atoms with E-state index in [4.69, 9.17) is 0 Å². The smallest absolute Gasteiger partial charge is 0.406 e. The molecule has 3 unspecified atom stereocenters. The van der Waals surface area contributed by atoms with E-state index in [2.05, 4.69) is 19.9 Å². The van der Waals surface area contributed by atoms with Crippen LogP contribution >= 0.6 is 0 Å². The van der Waals surface area contributed by atoms with Crippen LogP contribution < -0.4 is 10.1 Å². The molecule has 1 aromatic heterocycles. The highest BCUT2D eigenvalue weighted by atomic mass is 19.4. The topological polar surface area (TPSA) is 57.7 Å². The van der Waals surface area contributed by atoms with Gasteiger partial charge >= 0.3 is 6.36 Å². The lowest BCUT2D eigenvalue weighted by Gasteiger charge is -2.28. The number of amides is 1. The maximum atomic E-state index is 12.7. The van der Waals surface area contributed by atoms with Crippen molar-refractivity contribution in [3.05, 3.63) is 59.9 Å². The average molecular weight is 463 g/mol. The van der Waals surface area contributed by atoms with Crippen molar-refractivity contribution in [3.8, 4) is 5.75 Å². The monoisotopic (exact) mass is 462 g/mol. The molecule has 6 nitrogen and oxygen atoms in total. The van der Waals surface area contributed by atoms with E-state index >= 15 is 0 Å². The zero-order chi connectivity index (χ0) is 23.6. The van der Waals surface area contributed by atoms with Crippen molar-refractivity contribution >= 4 is 5.91 Å². The van der Waals surface area contributed by atoms with Crippen LogP contribution in [0, 0.1) is 17.8 Å². The second-order valence-corrected chi connectivity index (χ2v) is 8.97. The molecule has 4 rings (SSSR count). The third-order valence-corrected chi connectivity index (χ3v) is 6.81. The second-order valence-electron chi connectivity index (χ2n) is 8.97. The van der Waals surface area contributed by atoms with Crippen molar-refractivity contribution in [2.24, 2.45) is 17.8 Å². The van der Waals surface area contributed by atoms with Gasteiger partial charge in [-0.3, -0.25) is 14.7 Å². The number of carbonyl (C=O) groups excluding carboxylic acids is 1. The van der Waals surface area contributed by atoms with Crippen LogP contribution in [0.15, 0.2) is 48.8 Å². The third kappa shape index (κ3) is 6.03. The van der Waals surface area contributed by atoms with Crippen molar-refractivity contribution in [3.63, 3.8) is 0 Å². The van der Waals surface area contributed by atoms with Crippen LogP contribution in [0.2, 0.25) is 0 Å². The molecule has 2 aliphatic rings. The number of aromatic nitrogens is 1. The molecule has 2 heterocycles. The molecule has 1 N–H and O–H groups in total. The fraction of sp³-hybridized carbons (Fsp3) is 0.500. The summed E-state index contributed by atoms with van der Waals surface area (Å²) in [4.78, 5) is 20.8. The van der Waals surface area contributed by atoms with Crippen molar-refractivity contribution in [2.75, 3.05) is 33.2 Å². The molecule has 1 aromatic carbocycles. The Balaban J connectivity index is 1.17. The molecule has 1 saturated carbocycles. The highest BCUT2D eigenvalue weighted by Crippen LogP contribution is 2.51. The highest BCUT2D eigenvalue weighted by molar-refractivity contribution is 5.78. The first-order valence-electron chi connectivity index (χ1n) is 11.1. The molecule has 3 atom stereocenters. The molecular weight excluding hydrogens is 433 g/mol. The van der Waals surface area contributed by atoms with E-state index < -0.39 is 6.36 Å². The zero-order valence-corrected chi connectivity index (χ0v) is 18.8. The SMILES string of the molecule is CC(c1ccncc1)N(C)C(=O)CN1CC2C(CNCc3cccc(OC(F)(F)F)c3)C2C1. The fourth-order valence-corrected chi connectivity index (χ4v) is 4.79. The number of likely N-dealkylation sites (N-methyl/N-ethyl adjacent to an activating group) is 1. The van der Waals surface area contributed by atoms with Gasteiger partial charge in [0.2, 0.25) is 5.91 Å². The fourth-order valence-electron chi connectivity index (χ4n) is 4.79. The molecule has 0 bridgehead atoms. The quantitative estimate of drug-likeness (QED) is 0.619. The predicted octanol–water partition coefficient (Wildman–Crippen LogP) is 3.47. The molecule has 2 aromatic rings. The minimum atomic E-state index is -4.68. The largest absolute Gasteiger partial charge is 0.573 e. The number of rotatable bonds is 9. The standard InChI is InChI=1S/C24H29F3N4O2/c1-16(18-6-8-28-9-7-18)30(2)23(32)15-31-13-21-20(22(21)14-31)12-29-11-17-4-3-5-19(10-17)33-24(25,26)27/h3-10,16,20-22,29H,11-15H2,1-2H3. The number of hydrogen-bond acceptors (Lipinski definition) is 5. The van der Waals surface area contributed by atoms with E-state index in [0.29, 0.717) is 30.8 Å². The molecule has 1 amide bonds. The van der Waals surface area contributed by atoms with Gasteiger partial charge in [0, 0.05) is 39.1 Å². The number of nitrogens with one attached hydrogen (secondary N) is 1. The van der Waals surface area contributed by atoms with Crippen molar-refractivity contribution in [1.82, 2.24) is 20.1 Å². The summed E-state index contributed by atoms with van der Waals surface area (Å²) < 4.78 is 41.1. The van der Waals surface area contributed by atoms with E-state index in [0.717, 1.165) is 30.8 Å². The van der Waals surface area contributed by atoms with Crippen LogP contribution in [0.4, 0.5) is 13.2 Å². The number of ether oxygens (including phenoxy) is 1. The summed E-state index contributed by atoms with van der Waals surface area (Å²) in [6.07, 6.45) is -1.21. The van der Waals surface area contributed by atoms with Crippen molar-refractivity contribution in [2.45, 2.75) is 25.9 Å². The molecule has 1 aliphatic heterocycles. The molecule has 1 saturated heterocycles. The molecule has 0 spiro atoms. The Morgan fingerprint density at radius 3 is 2.61 bits per heavy atom. The van der Waals surface area contributed by atoms with Crippen LogP contribution in [0.25, 0.3) is 0 Å². The Hall–Kier alpha value is -2.65. The Morgan fingerprint density at radius 1 is 1.24 bits per heavy atom. The van der Waals surface area contributed by atoms with Gasteiger partial charge in [-0.2, -0.15) is 0 Å². The summed E-state index contributed by atoms with van der Waals surface area (Å²) in [5.41, 5.74) is 1.81. The number of halogens is 3. The van der Waals surface area contributed by atoms with E-state index in [9.17, 15) is 18.0 Å². The minimum Gasteiger partial charge on any atom is -0.406 e. The van der Waals surface area contributed by atoms with Crippen LogP contribution in [-0.2, 0) is 11.3 Å². The number of likely N-dealkylation sites (tertiary alicyclic amines) is 1. The molecular formula is C24H29F3N4O2. The number of benzene rings is 1. The summed E-state index contributed by atoms with van der Waals surface area (Å²) >= 11 is 0. The molecule has 1 aliphatic carbocycles. The number of fused-ring (bicyclic) bond motifs is 1. The summed E-state index contributed by atoms with van der Waals surface area (Å²) in [5, 5.41) is 3.35. The molecule has 178 valence electrons. The summed E-state index contributed by atoms with van der Waals surface area (Å²) in [7, 11) is 1.84. The van der Waals surface area contributed by atoms with Gasteiger partial charge in [0.25, 0.3) is 0 Å². The van der Waals surface area contributed by atoms with Gasteiger partial charge in [-0.15, -0.1) is 13.2 Å². The van der Waals surface area contributed by atoms with E-state index in [-0.39, 0.29) is 17.7 Å². The Labute approximate surface area is 191 Å². The van der Waals surface area contributed by atoms with Gasteiger partial charge in [-0.05, 0) is 66.6 Å². The lowest BCUT2D eigenvalue weighted by Crippen LogP contribution is -2.40. The van der Waals surface area contributed by atoms with Crippen LogP contribution in [0.5, 0.6) is 5.75 Å². The second kappa shape index (κ2) is 9.69. The number of nitrogens with zero attached hydrogens (tertiary/aromatic N) is 3. The van der Waals surface area contributed by atoms with Gasteiger partial charge in [0.1, 0.15) is 5.75 Å². The predicted molar refractivity (Wildman–Crippen MR) is 117 cm³/mol. The molecule has 33 heavy (non-hydrogen) atoms. The lowest BCUT2D eigenvalue weighted by molar-refractivity contribution is -0.274. The highest BCUT2D eigenvalue weighted by Gasteiger charge is 2.55. The van der Waals surface area contributed by atoms with Crippen LogP contribution in [0.3, 0.4) is 0 Å². The number of alkyl halides is 3. The minimum absolute atomic E-state index is 0.00498. The van der Waals surface area contributed by atoms with Crippen molar-refractivity contribution in [1.29, 1.82) is 0 Å². The summed E-state index contributed by atoms with van der Waals surface area (Å²) in [6.45, 7) is 5.57. The number of hydrogen-bond donors (Lipinski definition) is 1. The van der Waals surface area contributed by atoms with E-state index in [1.807, 2.05) is 26.1 Å². The van der Waals surface area contributed by atoms with Gasteiger partial charge in [0.15, 0.2) is 0 Å². The summed E-state index contributed by atoms with van der Waals surface area (Å²) in [6, 6.07) is 9.90. The van der Waals surface area contributed by atoms with Gasteiger partial charge in [0.05, 0.1) is 12.6 Å². The normalized spacial score (nSPS) is 23.1. The Bertz CT molecular complexity index is 944. The zero-order valence-electron chi connectivity index (χ0n) is 18.8. The number of carbonyl (C=O) groups is 1. The molecule has 2 fully saturated rings. The molecule has 9 heteroatoms. The maximum Gasteiger partial charge on any atom is 0.573 e. The number of piperidine rings is 1. The Kier molecular flexibility index (Phi) is 6.90. The van der Waals surface area contributed by atoms with Gasteiger partial charge in [-0.1, -0.05) is 12.1 Å². The third-order valence-electron chi connectivity index (χ3n) is 6.81. The van der Waals surface area contributed by atoms with E-state index in [1.165, 1.54) is 12.1 Å². The van der Waals surface area contributed by atoms with Crippen LogP contribution in [0.1, 0.15) is 24.1 Å². The Morgan fingerprint density at radius 2 is 1.94 bits per heavy atom. The average Bonchev–Trinajstić information content (AvgIpc) is 3.22. The molecule has 0 radical (unpaired) electrons. The number of pyridine rings is 1. The first kappa shape index (κ1) is 23.5. The van der Waals surface area contributed by atoms with Crippen LogP contribution in [-0.4, -0.2) is 60.3 Å². The first-order chi connectivity index (χ1) is 15.7. The van der Waals surface area contributed by atoms with E-state index in [1.54, 1.807) is 29.4 Å². The van der Waals surface area contributed by atoms with Gasteiger partial charge in [-0.25, -0.2) is 0 Å². The summed E-state index contributed by atoms with van der Waals surface area (Å²) in [5.74, 6) is 1.62. The van der Waals surface area contributed by atoms with Gasteiger partial charge < -0.3 is 15.0 Å². The first-order valence-corrected chi connectivity index (χ1v) is 11.1. The van der Waals surface area contributed by atoms with Crippen molar-refractivity contribution < 1.29 is 22.7 Å². The maximum absolute atomic E-state index is 12.7.